The quantitative estimate of drug-likeness (QED) is 0.523. The Labute approximate surface area is 185 Å². The summed E-state index contributed by atoms with van der Waals surface area (Å²) in [4.78, 5) is 28.9. The minimum atomic E-state index is -0.597. The minimum absolute atomic E-state index is 0.0790. The maximum absolute atomic E-state index is 12.6. The van der Waals surface area contributed by atoms with Crippen molar-refractivity contribution in [2.45, 2.75) is 6.04 Å². The molecule has 8 heteroatoms. The number of rotatable bonds is 5. The molecule has 0 radical (unpaired) electrons. The average molecular weight is 443 g/mol. The number of esters is 1. The van der Waals surface area contributed by atoms with E-state index in [0.717, 1.165) is 5.56 Å². The molecule has 1 fully saturated rings. The van der Waals surface area contributed by atoms with Gasteiger partial charge in [-0.2, -0.15) is 0 Å². The van der Waals surface area contributed by atoms with E-state index in [1.807, 2.05) is 41.3 Å². The van der Waals surface area contributed by atoms with Crippen molar-refractivity contribution >= 4 is 29.6 Å². The standard InChI is InChI=1S/C23H23ClN2O5/c1-29-23(28)22(17-4-2-3-5-18(17)24)26-12-10-25(11-13-26)21(27)9-7-16-6-8-19-20(14-16)31-15-30-19/h2-9,14,22H,10-13,15H2,1H3/b9-7+/t22-/m0/s1. The van der Waals surface area contributed by atoms with Gasteiger partial charge in [0.15, 0.2) is 11.5 Å². The maximum atomic E-state index is 12.6. The van der Waals surface area contributed by atoms with Gasteiger partial charge < -0.3 is 19.1 Å². The summed E-state index contributed by atoms with van der Waals surface area (Å²) in [6.45, 7) is 2.29. The van der Waals surface area contributed by atoms with Gasteiger partial charge in [-0.25, -0.2) is 4.79 Å². The number of ether oxygens (including phenoxy) is 3. The van der Waals surface area contributed by atoms with Crippen LogP contribution in [0.3, 0.4) is 0 Å². The summed E-state index contributed by atoms with van der Waals surface area (Å²) in [5.41, 5.74) is 1.57. The molecular formula is C23H23ClN2O5. The molecule has 2 heterocycles. The minimum Gasteiger partial charge on any atom is -0.468 e. The molecule has 0 spiro atoms. The highest BCUT2D eigenvalue weighted by molar-refractivity contribution is 6.31. The van der Waals surface area contributed by atoms with Gasteiger partial charge in [0.05, 0.1) is 7.11 Å². The molecule has 2 aromatic rings. The fourth-order valence-electron chi connectivity index (χ4n) is 3.77. The molecule has 7 nitrogen and oxygen atoms in total. The summed E-state index contributed by atoms with van der Waals surface area (Å²) in [5.74, 6) is 0.940. The molecule has 2 aliphatic heterocycles. The first-order valence-corrected chi connectivity index (χ1v) is 10.4. The van der Waals surface area contributed by atoms with E-state index in [-0.39, 0.29) is 18.7 Å². The van der Waals surface area contributed by atoms with Crippen LogP contribution in [0.2, 0.25) is 5.02 Å². The van der Waals surface area contributed by atoms with Crippen molar-refractivity contribution in [1.82, 2.24) is 9.80 Å². The summed E-state index contributed by atoms with van der Waals surface area (Å²) in [6.07, 6.45) is 3.32. The van der Waals surface area contributed by atoms with Crippen LogP contribution in [-0.4, -0.2) is 61.8 Å². The van der Waals surface area contributed by atoms with Crippen molar-refractivity contribution in [2.75, 3.05) is 40.1 Å². The van der Waals surface area contributed by atoms with E-state index >= 15 is 0 Å². The lowest BCUT2D eigenvalue weighted by molar-refractivity contribution is -0.148. The zero-order chi connectivity index (χ0) is 21.8. The van der Waals surface area contributed by atoms with Crippen LogP contribution >= 0.6 is 11.6 Å². The lowest BCUT2D eigenvalue weighted by atomic mass is 10.0. The first-order valence-electron chi connectivity index (χ1n) is 10.00. The van der Waals surface area contributed by atoms with Crippen LogP contribution in [0.5, 0.6) is 11.5 Å². The fourth-order valence-corrected chi connectivity index (χ4v) is 4.01. The Kier molecular flexibility index (Phi) is 6.44. The number of benzene rings is 2. The third-order valence-electron chi connectivity index (χ3n) is 5.43. The molecule has 0 N–H and O–H groups in total. The van der Waals surface area contributed by atoms with Gasteiger partial charge in [0, 0.05) is 37.3 Å². The second-order valence-electron chi connectivity index (χ2n) is 7.25. The Morgan fingerprint density at radius 3 is 2.55 bits per heavy atom. The molecule has 162 valence electrons. The number of halogens is 1. The highest BCUT2D eigenvalue weighted by Crippen LogP contribution is 2.33. The molecule has 1 atom stereocenters. The van der Waals surface area contributed by atoms with Gasteiger partial charge in [-0.15, -0.1) is 0 Å². The third kappa shape index (κ3) is 4.68. The number of methoxy groups -OCH3 is 1. The summed E-state index contributed by atoms with van der Waals surface area (Å²) in [6, 6.07) is 12.2. The number of amides is 1. The Morgan fingerprint density at radius 1 is 1.06 bits per heavy atom. The summed E-state index contributed by atoms with van der Waals surface area (Å²) >= 11 is 6.33. The molecule has 31 heavy (non-hydrogen) atoms. The van der Waals surface area contributed by atoms with Crippen LogP contribution in [0.25, 0.3) is 6.08 Å². The van der Waals surface area contributed by atoms with Gasteiger partial charge >= 0.3 is 5.97 Å². The smallest absolute Gasteiger partial charge is 0.327 e. The fraction of sp³-hybridized carbons (Fsp3) is 0.304. The largest absolute Gasteiger partial charge is 0.468 e. The summed E-state index contributed by atoms with van der Waals surface area (Å²) in [5, 5.41) is 0.517. The molecule has 0 aromatic heterocycles. The van der Waals surface area contributed by atoms with Crippen LogP contribution in [0, 0.1) is 0 Å². The molecule has 4 rings (SSSR count). The van der Waals surface area contributed by atoms with Crippen molar-refractivity contribution in [3.63, 3.8) is 0 Å². The average Bonchev–Trinajstić information content (AvgIpc) is 3.27. The number of fused-ring (bicyclic) bond motifs is 1. The molecule has 2 aromatic carbocycles. The van der Waals surface area contributed by atoms with Crippen molar-refractivity contribution in [3.8, 4) is 11.5 Å². The number of nitrogens with zero attached hydrogens (tertiary/aromatic N) is 2. The number of carbonyl (C=O) groups is 2. The SMILES string of the molecule is COC(=O)[C@H](c1ccccc1Cl)N1CCN(C(=O)/C=C/c2ccc3c(c2)OCO3)CC1. The Bertz CT molecular complexity index is 1000. The molecule has 2 aliphatic rings. The van der Waals surface area contributed by atoms with E-state index in [1.165, 1.54) is 7.11 Å². The van der Waals surface area contributed by atoms with Crippen molar-refractivity contribution < 1.29 is 23.8 Å². The number of hydrogen-bond acceptors (Lipinski definition) is 6. The van der Waals surface area contributed by atoms with E-state index in [4.69, 9.17) is 25.8 Å². The summed E-state index contributed by atoms with van der Waals surface area (Å²) in [7, 11) is 1.37. The second-order valence-corrected chi connectivity index (χ2v) is 7.66. The molecule has 0 saturated carbocycles. The third-order valence-corrected chi connectivity index (χ3v) is 5.77. The van der Waals surface area contributed by atoms with E-state index < -0.39 is 6.04 Å². The highest BCUT2D eigenvalue weighted by atomic mass is 35.5. The van der Waals surface area contributed by atoms with Gasteiger partial charge in [-0.05, 0) is 35.4 Å². The normalized spacial score (nSPS) is 17.0. The zero-order valence-electron chi connectivity index (χ0n) is 17.1. The monoisotopic (exact) mass is 442 g/mol. The van der Waals surface area contributed by atoms with Gasteiger partial charge in [0.25, 0.3) is 0 Å². The van der Waals surface area contributed by atoms with Crippen LogP contribution in [0.15, 0.2) is 48.5 Å². The zero-order valence-corrected chi connectivity index (χ0v) is 17.9. The number of carbonyl (C=O) groups excluding carboxylic acids is 2. The highest BCUT2D eigenvalue weighted by Gasteiger charge is 2.33. The van der Waals surface area contributed by atoms with Crippen molar-refractivity contribution in [2.24, 2.45) is 0 Å². The second kappa shape index (κ2) is 9.41. The molecule has 0 aliphatic carbocycles. The van der Waals surface area contributed by atoms with E-state index in [9.17, 15) is 9.59 Å². The van der Waals surface area contributed by atoms with Crippen LogP contribution in [-0.2, 0) is 14.3 Å². The summed E-state index contributed by atoms with van der Waals surface area (Å²) < 4.78 is 15.7. The van der Waals surface area contributed by atoms with E-state index in [1.54, 1.807) is 23.1 Å². The van der Waals surface area contributed by atoms with Gasteiger partial charge in [-0.1, -0.05) is 35.9 Å². The number of hydrogen-bond donors (Lipinski definition) is 0. The lowest BCUT2D eigenvalue weighted by Crippen LogP contribution is -2.50. The molecular weight excluding hydrogens is 420 g/mol. The Hall–Kier alpha value is -3.03. The lowest BCUT2D eigenvalue weighted by Gasteiger charge is -2.38. The predicted molar refractivity (Wildman–Crippen MR) is 116 cm³/mol. The first-order chi connectivity index (χ1) is 15.1. The Morgan fingerprint density at radius 2 is 1.81 bits per heavy atom. The first kappa shape index (κ1) is 21.2. The maximum Gasteiger partial charge on any atom is 0.327 e. The van der Waals surface area contributed by atoms with Crippen LogP contribution in [0.1, 0.15) is 17.2 Å². The predicted octanol–water partition coefficient (Wildman–Crippen LogP) is 3.14. The molecule has 1 saturated heterocycles. The van der Waals surface area contributed by atoms with Crippen molar-refractivity contribution in [1.29, 1.82) is 0 Å². The van der Waals surface area contributed by atoms with Crippen LogP contribution in [0.4, 0.5) is 0 Å². The number of piperazine rings is 1. The molecule has 0 bridgehead atoms. The van der Waals surface area contributed by atoms with Gasteiger partial charge in [0.1, 0.15) is 6.04 Å². The topological polar surface area (TPSA) is 68.3 Å². The van der Waals surface area contributed by atoms with Gasteiger partial charge in [-0.3, -0.25) is 9.69 Å². The Balaban J connectivity index is 1.39. The van der Waals surface area contributed by atoms with E-state index in [2.05, 4.69) is 0 Å². The van der Waals surface area contributed by atoms with Gasteiger partial charge in [0.2, 0.25) is 12.7 Å². The van der Waals surface area contributed by atoms with Crippen molar-refractivity contribution in [3.05, 3.63) is 64.7 Å². The molecule has 1 amide bonds. The van der Waals surface area contributed by atoms with E-state index in [0.29, 0.717) is 48.3 Å². The van der Waals surface area contributed by atoms with Crippen LogP contribution < -0.4 is 9.47 Å². The molecule has 0 unspecified atom stereocenters.